The number of phenols is 1. The van der Waals surface area contributed by atoms with Crippen molar-refractivity contribution in [1.82, 2.24) is 9.97 Å². The zero-order chi connectivity index (χ0) is 14.0. The second-order valence-corrected chi connectivity index (χ2v) is 3.65. The second kappa shape index (κ2) is 4.69. The normalized spacial score (nSPS) is 10.1. The van der Waals surface area contributed by atoms with Gasteiger partial charge in [-0.25, -0.2) is 9.59 Å². The minimum Gasteiger partial charge on any atom is -0.507 e. The molecule has 0 unspecified atom stereocenters. The predicted octanol–water partition coefficient (Wildman–Crippen LogP) is 0.359. The summed E-state index contributed by atoms with van der Waals surface area (Å²) in [5, 5.41) is 20.6. The summed E-state index contributed by atoms with van der Waals surface area (Å²) in [4.78, 5) is 37.7. The van der Waals surface area contributed by atoms with Crippen molar-refractivity contribution >= 4 is 17.6 Å². The molecular formula is C11H9N3O5. The van der Waals surface area contributed by atoms with Gasteiger partial charge in [0.15, 0.2) is 0 Å². The van der Waals surface area contributed by atoms with E-state index in [9.17, 15) is 19.5 Å². The molecule has 0 aliphatic carbocycles. The number of aromatic carboxylic acids is 1. The van der Waals surface area contributed by atoms with E-state index in [0.29, 0.717) is 0 Å². The first-order chi connectivity index (χ1) is 8.97. The number of anilines is 1. The molecule has 98 valence electrons. The van der Waals surface area contributed by atoms with E-state index >= 15 is 0 Å². The number of rotatable bonds is 3. The molecule has 8 nitrogen and oxygen atoms in total. The van der Waals surface area contributed by atoms with Crippen molar-refractivity contribution in [2.45, 2.75) is 0 Å². The van der Waals surface area contributed by atoms with E-state index in [1.165, 1.54) is 12.3 Å². The van der Waals surface area contributed by atoms with Crippen LogP contribution >= 0.6 is 0 Å². The van der Waals surface area contributed by atoms with Crippen LogP contribution in [0.25, 0.3) is 0 Å². The molecule has 0 saturated carbocycles. The van der Waals surface area contributed by atoms with Gasteiger partial charge in [0.25, 0.3) is 5.91 Å². The number of H-pyrrole nitrogens is 2. The van der Waals surface area contributed by atoms with Crippen molar-refractivity contribution in [3.8, 4) is 5.75 Å². The summed E-state index contributed by atoms with van der Waals surface area (Å²) >= 11 is 0. The maximum Gasteiger partial charge on any atom is 0.339 e. The number of hydrogen-bond acceptors (Lipinski definition) is 4. The van der Waals surface area contributed by atoms with Crippen LogP contribution in [0.1, 0.15) is 20.8 Å². The number of carbonyl (C=O) groups excluding carboxylic acids is 1. The highest BCUT2D eigenvalue weighted by atomic mass is 16.4. The molecular weight excluding hydrogens is 254 g/mol. The smallest absolute Gasteiger partial charge is 0.339 e. The Morgan fingerprint density at radius 2 is 2.00 bits per heavy atom. The van der Waals surface area contributed by atoms with Crippen molar-refractivity contribution in [2.75, 3.05) is 5.32 Å². The van der Waals surface area contributed by atoms with Crippen LogP contribution in [0.4, 0.5) is 5.69 Å². The van der Waals surface area contributed by atoms with Crippen molar-refractivity contribution in [2.24, 2.45) is 0 Å². The molecule has 0 aliphatic rings. The van der Waals surface area contributed by atoms with Crippen LogP contribution < -0.4 is 11.0 Å². The van der Waals surface area contributed by atoms with Gasteiger partial charge in [-0.2, -0.15) is 0 Å². The minimum absolute atomic E-state index is 0.0202. The first-order valence-electron chi connectivity index (χ1n) is 5.12. The Balaban J connectivity index is 2.20. The molecule has 1 amide bonds. The molecule has 0 aliphatic heterocycles. The highest BCUT2D eigenvalue weighted by Crippen LogP contribution is 2.22. The number of amides is 1. The quantitative estimate of drug-likeness (QED) is 0.544. The molecule has 0 radical (unpaired) electrons. The van der Waals surface area contributed by atoms with Crippen molar-refractivity contribution < 1.29 is 19.8 Å². The van der Waals surface area contributed by atoms with Crippen molar-refractivity contribution in [3.63, 3.8) is 0 Å². The van der Waals surface area contributed by atoms with Crippen LogP contribution in [0.3, 0.4) is 0 Å². The molecule has 2 aromatic rings. The lowest BCUT2D eigenvalue weighted by molar-refractivity contribution is 0.0693. The molecule has 0 bridgehead atoms. The molecule has 1 aromatic carbocycles. The third-order valence-electron chi connectivity index (χ3n) is 2.33. The van der Waals surface area contributed by atoms with E-state index in [-0.39, 0.29) is 16.9 Å². The van der Waals surface area contributed by atoms with E-state index in [1.807, 2.05) is 0 Å². The van der Waals surface area contributed by atoms with Gasteiger partial charge < -0.3 is 25.5 Å². The fourth-order valence-electron chi connectivity index (χ4n) is 1.44. The number of imidazole rings is 1. The van der Waals surface area contributed by atoms with Crippen LogP contribution in [-0.2, 0) is 0 Å². The average Bonchev–Trinajstić information content (AvgIpc) is 2.75. The number of aromatic hydroxyl groups is 1. The van der Waals surface area contributed by atoms with Crippen LogP contribution in [0, 0.1) is 0 Å². The molecule has 0 atom stereocenters. The van der Waals surface area contributed by atoms with Gasteiger partial charge >= 0.3 is 11.7 Å². The number of nitrogens with one attached hydrogen (secondary N) is 3. The topological polar surface area (TPSA) is 135 Å². The summed E-state index contributed by atoms with van der Waals surface area (Å²) in [7, 11) is 0. The van der Waals surface area contributed by atoms with E-state index in [4.69, 9.17) is 5.11 Å². The number of aromatic nitrogens is 2. The minimum atomic E-state index is -1.27. The molecule has 0 fully saturated rings. The SMILES string of the molecule is O=C(Nc1ccc(C(=O)O)c(O)c1)c1c[nH]c(=O)[nH]1. The lowest BCUT2D eigenvalue weighted by Gasteiger charge is -2.05. The molecule has 0 spiro atoms. The van der Waals surface area contributed by atoms with E-state index in [2.05, 4.69) is 15.3 Å². The van der Waals surface area contributed by atoms with Gasteiger partial charge in [-0.1, -0.05) is 0 Å². The van der Waals surface area contributed by atoms with Crippen LogP contribution in [0.2, 0.25) is 0 Å². The molecule has 1 aromatic heterocycles. The molecule has 19 heavy (non-hydrogen) atoms. The first kappa shape index (κ1) is 12.4. The molecule has 2 rings (SSSR count). The van der Waals surface area contributed by atoms with Crippen LogP contribution in [0.5, 0.6) is 5.75 Å². The standard InChI is InChI=1S/C11H9N3O5/c15-8-3-5(1-2-6(8)10(17)18)13-9(16)7-4-12-11(19)14-7/h1-4,15H,(H,13,16)(H,17,18)(H2,12,14,19). The Labute approximate surface area is 105 Å². The maximum atomic E-state index is 11.7. The fraction of sp³-hybridized carbons (Fsp3) is 0. The highest BCUT2D eigenvalue weighted by Gasteiger charge is 2.12. The highest BCUT2D eigenvalue weighted by molar-refractivity contribution is 6.03. The maximum absolute atomic E-state index is 11.7. The van der Waals surface area contributed by atoms with E-state index in [0.717, 1.165) is 12.1 Å². The average molecular weight is 263 g/mol. The van der Waals surface area contributed by atoms with E-state index < -0.39 is 23.3 Å². The first-order valence-corrected chi connectivity index (χ1v) is 5.12. The van der Waals surface area contributed by atoms with Gasteiger partial charge in [0.05, 0.1) is 0 Å². The largest absolute Gasteiger partial charge is 0.507 e. The number of benzene rings is 1. The number of hydrogen-bond donors (Lipinski definition) is 5. The summed E-state index contributed by atoms with van der Waals surface area (Å²) < 4.78 is 0. The van der Waals surface area contributed by atoms with Crippen molar-refractivity contribution in [1.29, 1.82) is 0 Å². The summed E-state index contributed by atoms with van der Waals surface area (Å²) in [5.74, 6) is -2.33. The monoisotopic (exact) mass is 263 g/mol. The number of carboxylic acids is 1. The van der Waals surface area contributed by atoms with Gasteiger partial charge in [0.1, 0.15) is 17.0 Å². The number of carbonyl (C=O) groups is 2. The van der Waals surface area contributed by atoms with Crippen LogP contribution in [0.15, 0.2) is 29.2 Å². The van der Waals surface area contributed by atoms with Gasteiger partial charge in [-0.05, 0) is 12.1 Å². The summed E-state index contributed by atoms with van der Waals surface area (Å²) in [6.07, 6.45) is 1.20. The molecule has 0 saturated heterocycles. The lowest BCUT2D eigenvalue weighted by atomic mass is 10.2. The zero-order valence-electron chi connectivity index (χ0n) is 9.43. The Morgan fingerprint density at radius 1 is 1.26 bits per heavy atom. The van der Waals surface area contributed by atoms with E-state index in [1.54, 1.807) is 0 Å². The lowest BCUT2D eigenvalue weighted by Crippen LogP contribution is -2.14. The Bertz CT molecular complexity index is 700. The Hall–Kier alpha value is -3.03. The molecule has 1 heterocycles. The number of aromatic amines is 2. The summed E-state index contributed by atoms with van der Waals surface area (Å²) in [6.45, 7) is 0. The summed E-state index contributed by atoms with van der Waals surface area (Å²) in [5.41, 5.74) is -0.566. The molecule has 5 N–H and O–H groups in total. The summed E-state index contributed by atoms with van der Waals surface area (Å²) in [6, 6.07) is 3.59. The van der Waals surface area contributed by atoms with Crippen LogP contribution in [-0.4, -0.2) is 32.1 Å². The van der Waals surface area contributed by atoms with Gasteiger partial charge in [0, 0.05) is 18.0 Å². The van der Waals surface area contributed by atoms with Crippen molar-refractivity contribution in [3.05, 3.63) is 46.1 Å². The predicted molar refractivity (Wildman–Crippen MR) is 64.4 cm³/mol. The van der Waals surface area contributed by atoms with Gasteiger partial charge in [-0.15, -0.1) is 0 Å². The van der Waals surface area contributed by atoms with Gasteiger partial charge in [0.2, 0.25) is 0 Å². The Morgan fingerprint density at radius 3 is 2.53 bits per heavy atom. The van der Waals surface area contributed by atoms with Gasteiger partial charge in [-0.3, -0.25) is 4.79 Å². The Kier molecular flexibility index (Phi) is 3.06. The fourth-order valence-corrected chi connectivity index (χ4v) is 1.44. The second-order valence-electron chi connectivity index (χ2n) is 3.65. The third-order valence-corrected chi connectivity index (χ3v) is 2.33. The number of carboxylic acid groups (broad SMARTS) is 1. The zero-order valence-corrected chi connectivity index (χ0v) is 9.43. The third kappa shape index (κ3) is 2.63. The molecule has 8 heteroatoms.